The van der Waals surface area contributed by atoms with Gasteiger partial charge in [-0.05, 0) is 30.5 Å². The van der Waals surface area contributed by atoms with Gasteiger partial charge in [0.1, 0.15) is 23.0 Å². The van der Waals surface area contributed by atoms with E-state index in [0.29, 0.717) is 31.1 Å². The van der Waals surface area contributed by atoms with Crippen LogP contribution in [0.5, 0.6) is 0 Å². The van der Waals surface area contributed by atoms with Crippen molar-refractivity contribution < 1.29 is 23.5 Å². The number of thiophene rings is 1. The molecule has 1 aliphatic heterocycles. The molecule has 4 rings (SSSR count). The molecule has 10 heteroatoms. The van der Waals surface area contributed by atoms with Gasteiger partial charge in [-0.15, -0.1) is 11.3 Å². The number of rotatable bonds is 5. The van der Waals surface area contributed by atoms with Gasteiger partial charge in [-0.2, -0.15) is 5.26 Å². The zero-order chi connectivity index (χ0) is 22.7. The first-order valence-electron chi connectivity index (χ1n) is 9.94. The minimum atomic E-state index is -0.791. The standard InChI is InChI=1S/C22H20N4O5S/c1-15-19(16(13-23)21(31-15)26-6-2-3-7-26)22(29)30-14-18(27)24-8-10-25(11-9-24)20(28)17-5-4-12-32-17/h2-7,12H,8-11,14H2,1H3. The molecule has 32 heavy (non-hydrogen) atoms. The largest absolute Gasteiger partial charge is 0.452 e. The second-order valence-corrected chi connectivity index (χ2v) is 8.09. The lowest BCUT2D eigenvalue weighted by Gasteiger charge is -2.34. The Labute approximate surface area is 188 Å². The maximum Gasteiger partial charge on any atom is 0.343 e. The molecule has 1 aliphatic rings. The molecule has 0 unspecified atom stereocenters. The zero-order valence-electron chi connectivity index (χ0n) is 17.3. The van der Waals surface area contributed by atoms with Gasteiger partial charge in [0.2, 0.25) is 5.88 Å². The molecule has 0 bridgehead atoms. The van der Waals surface area contributed by atoms with E-state index >= 15 is 0 Å². The van der Waals surface area contributed by atoms with Crippen molar-refractivity contribution in [1.82, 2.24) is 14.4 Å². The van der Waals surface area contributed by atoms with E-state index in [4.69, 9.17) is 9.15 Å². The molecule has 2 amide bonds. The second-order valence-electron chi connectivity index (χ2n) is 7.14. The maximum absolute atomic E-state index is 12.6. The normalized spacial score (nSPS) is 13.6. The van der Waals surface area contributed by atoms with E-state index in [9.17, 15) is 19.6 Å². The van der Waals surface area contributed by atoms with Gasteiger partial charge >= 0.3 is 5.97 Å². The van der Waals surface area contributed by atoms with Crippen LogP contribution in [-0.4, -0.2) is 64.9 Å². The summed E-state index contributed by atoms with van der Waals surface area (Å²) in [6.07, 6.45) is 3.39. The van der Waals surface area contributed by atoms with Crippen molar-refractivity contribution in [3.63, 3.8) is 0 Å². The molecule has 0 radical (unpaired) electrons. The Bertz CT molecular complexity index is 1170. The molecule has 0 atom stereocenters. The first-order valence-corrected chi connectivity index (χ1v) is 10.8. The van der Waals surface area contributed by atoms with Gasteiger partial charge < -0.3 is 19.0 Å². The fourth-order valence-electron chi connectivity index (χ4n) is 3.54. The van der Waals surface area contributed by atoms with Crippen molar-refractivity contribution in [1.29, 1.82) is 5.26 Å². The average Bonchev–Trinajstić information content (AvgIpc) is 3.57. The molecule has 3 aromatic rings. The molecule has 0 saturated carbocycles. The molecule has 4 heterocycles. The minimum Gasteiger partial charge on any atom is -0.452 e. The van der Waals surface area contributed by atoms with Crippen molar-refractivity contribution in [2.45, 2.75) is 6.92 Å². The smallest absolute Gasteiger partial charge is 0.343 e. The van der Waals surface area contributed by atoms with Gasteiger partial charge in [-0.25, -0.2) is 4.79 Å². The monoisotopic (exact) mass is 452 g/mol. The van der Waals surface area contributed by atoms with Gasteiger partial charge in [0.05, 0.1) is 4.88 Å². The molecule has 1 fully saturated rings. The first kappa shape index (κ1) is 21.4. The fourth-order valence-corrected chi connectivity index (χ4v) is 4.23. The number of furan rings is 1. The Morgan fingerprint density at radius 3 is 2.44 bits per heavy atom. The van der Waals surface area contributed by atoms with Crippen LogP contribution in [-0.2, 0) is 9.53 Å². The third kappa shape index (κ3) is 4.15. The van der Waals surface area contributed by atoms with Gasteiger partial charge in [0.25, 0.3) is 11.8 Å². The molecule has 1 saturated heterocycles. The van der Waals surface area contributed by atoms with Crippen LogP contribution in [0.25, 0.3) is 5.88 Å². The van der Waals surface area contributed by atoms with Crippen LogP contribution in [0.2, 0.25) is 0 Å². The number of hydrogen-bond acceptors (Lipinski definition) is 7. The van der Waals surface area contributed by atoms with E-state index in [1.165, 1.54) is 11.3 Å². The number of nitriles is 1. The fraction of sp³-hybridized carbons (Fsp3) is 0.273. The van der Waals surface area contributed by atoms with E-state index < -0.39 is 12.6 Å². The van der Waals surface area contributed by atoms with Crippen LogP contribution in [0.15, 0.2) is 46.5 Å². The Balaban J connectivity index is 1.35. The Hall–Kier alpha value is -3.84. The minimum absolute atomic E-state index is 0.00960. The molecule has 0 aliphatic carbocycles. The third-order valence-corrected chi connectivity index (χ3v) is 6.06. The highest BCUT2D eigenvalue weighted by molar-refractivity contribution is 7.12. The summed E-state index contributed by atoms with van der Waals surface area (Å²) >= 11 is 1.38. The van der Waals surface area contributed by atoms with Crippen LogP contribution in [0, 0.1) is 18.3 Å². The number of aromatic nitrogens is 1. The lowest BCUT2D eigenvalue weighted by atomic mass is 10.1. The van der Waals surface area contributed by atoms with Crippen molar-refractivity contribution in [2.24, 2.45) is 0 Å². The van der Waals surface area contributed by atoms with E-state index in [1.807, 2.05) is 17.5 Å². The molecular weight excluding hydrogens is 432 g/mol. The number of aryl methyl sites for hydroxylation is 1. The summed E-state index contributed by atoms with van der Waals surface area (Å²) in [5.74, 6) is -0.729. The summed E-state index contributed by atoms with van der Waals surface area (Å²) in [4.78, 5) is 41.5. The third-order valence-electron chi connectivity index (χ3n) is 5.20. The highest BCUT2D eigenvalue weighted by Gasteiger charge is 2.28. The highest BCUT2D eigenvalue weighted by atomic mass is 32.1. The van der Waals surface area contributed by atoms with Crippen molar-refractivity contribution in [2.75, 3.05) is 32.8 Å². The number of carbonyl (C=O) groups excluding carboxylic acids is 3. The van der Waals surface area contributed by atoms with Crippen molar-refractivity contribution >= 4 is 29.1 Å². The van der Waals surface area contributed by atoms with Gasteiger partial charge in [0.15, 0.2) is 6.61 Å². The summed E-state index contributed by atoms with van der Waals surface area (Å²) in [5, 5.41) is 11.4. The molecule has 3 aromatic heterocycles. The second kappa shape index (κ2) is 9.11. The Morgan fingerprint density at radius 2 is 1.81 bits per heavy atom. The summed E-state index contributed by atoms with van der Waals surface area (Å²) in [5.41, 5.74) is 0.0622. The quantitative estimate of drug-likeness (QED) is 0.550. The highest BCUT2D eigenvalue weighted by Crippen LogP contribution is 2.26. The number of carbonyl (C=O) groups is 3. The Morgan fingerprint density at radius 1 is 1.12 bits per heavy atom. The zero-order valence-corrected chi connectivity index (χ0v) is 18.1. The molecule has 164 valence electrons. The molecule has 0 spiro atoms. The predicted octanol–water partition coefficient (Wildman–Crippen LogP) is 2.45. The number of hydrogen-bond donors (Lipinski definition) is 0. The van der Waals surface area contributed by atoms with Gasteiger partial charge in [-0.3, -0.25) is 14.2 Å². The van der Waals surface area contributed by atoms with Crippen LogP contribution in [0.3, 0.4) is 0 Å². The number of piperazine rings is 1. The van der Waals surface area contributed by atoms with E-state index in [2.05, 4.69) is 0 Å². The number of amides is 2. The van der Waals surface area contributed by atoms with Crippen LogP contribution in [0.4, 0.5) is 0 Å². The number of esters is 1. The summed E-state index contributed by atoms with van der Waals surface area (Å²) < 4.78 is 12.4. The van der Waals surface area contributed by atoms with E-state index in [0.717, 1.165) is 0 Å². The molecule has 0 aromatic carbocycles. The van der Waals surface area contributed by atoms with Gasteiger partial charge in [-0.1, -0.05) is 6.07 Å². The van der Waals surface area contributed by atoms with Crippen molar-refractivity contribution in [3.8, 4) is 12.0 Å². The SMILES string of the molecule is Cc1oc(-n2cccc2)c(C#N)c1C(=O)OCC(=O)N1CCN(C(=O)c2cccs2)CC1. The molecule has 0 N–H and O–H groups in total. The van der Waals surface area contributed by atoms with Crippen molar-refractivity contribution in [3.05, 3.63) is 63.8 Å². The lowest BCUT2D eigenvalue weighted by Crippen LogP contribution is -2.51. The molecule has 9 nitrogen and oxygen atoms in total. The number of nitrogens with zero attached hydrogens (tertiary/aromatic N) is 4. The topological polar surface area (TPSA) is 109 Å². The van der Waals surface area contributed by atoms with E-state index in [1.54, 1.807) is 51.9 Å². The molecular formula is C22H20N4O5S. The Kier molecular flexibility index (Phi) is 6.09. The van der Waals surface area contributed by atoms with Crippen LogP contribution < -0.4 is 0 Å². The van der Waals surface area contributed by atoms with E-state index in [-0.39, 0.29) is 34.6 Å². The van der Waals surface area contributed by atoms with Gasteiger partial charge in [0, 0.05) is 38.6 Å². The predicted molar refractivity (Wildman–Crippen MR) is 115 cm³/mol. The van der Waals surface area contributed by atoms with Crippen LogP contribution in [0.1, 0.15) is 31.4 Å². The summed E-state index contributed by atoms with van der Waals surface area (Å²) in [6.45, 7) is 2.66. The average molecular weight is 452 g/mol. The number of ether oxygens (including phenoxy) is 1. The maximum atomic E-state index is 12.6. The lowest BCUT2D eigenvalue weighted by molar-refractivity contribution is -0.136. The first-order chi connectivity index (χ1) is 15.5. The summed E-state index contributed by atoms with van der Waals surface area (Å²) in [7, 11) is 0. The van der Waals surface area contributed by atoms with Crippen LogP contribution >= 0.6 is 11.3 Å². The summed E-state index contributed by atoms with van der Waals surface area (Å²) in [6, 6.07) is 9.12.